The van der Waals surface area contributed by atoms with Crippen molar-refractivity contribution in [1.82, 2.24) is 10.2 Å². The summed E-state index contributed by atoms with van der Waals surface area (Å²) in [6.07, 6.45) is 1.94. The molecule has 0 aliphatic carbocycles. The monoisotopic (exact) mass is 320 g/mol. The Morgan fingerprint density at radius 2 is 2.00 bits per heavy atom. The molecule has 20 heavy (non-hydrogen) atoms. The van der Waals surface area contributed by atoms with E-state index in [-0.39, 0.29) is 24.8 Å². The fourth-order valence-electron chi connectivity index (χ4n) is 2.50. The molecule has 2 rings (SSSR count). The van der Waals surface area contributed by atoms with Gasteiger partial charge in [0.15, 0.2) is 0 Å². The number of rotatable bonds is 5. The minimum absolute atomic E-state index is 0. The van der Waals surface area contributed by atoms with E-state index in [9.17, 15) is 0 Å². The van der Waals surface area contributed by atoms with Gasteiger partial charge in [0.2, 0.25) is 0 Å². The molecule has 1 aliphatic rings. The van der Waals surface area contributed by atoms with Crippen LogP contribution in [0.15, 0.2) is 28.7 Å². The number of hydrogen-bond donors (Lipinski definition) is 1. The minimum atomic E-state index is 0. The van der Waals surface area contributed by atoms with Crippen LogP contribution in [0.4, 0.5) is 0 Å². The molecule has 0 bridgehead atoms. The van der Waals surface area contributed by atoms with Gasteiger partial charge >= 0.3 is 0 Å². The fourth-order valence-corrected chi connectivity index (χ4v) is 2.50. The molecule has 0 saturated carbocycles. The number of furan rings is 1. The molecule has 1 aromatic rings. The minimum Gasteiger partial charge on any atom is -0.464 e. The maximum atomic E-state index is 5.95. The molecule has 0 amide bonds. The van der Waals surface area contributed by atoms with Gasteiger partial charge < -0.3 is 9.73 Å². The lowest BCUT2D eigenvalue weighted by Gasteiger charge is -2.34. The highest BCUT2D eigenvalue weighted by atomic mass is 35.5. The molecule has 5 heteroatoms. The van der Waals surface area contributed by atoms with Crippen LogP contribution >= 0.6 is 24.8 Å². The Labute approximate surface area is 134 Å². The molecule has 1 N–H and O–H groups in total. The summed E-state index contributed by atoms with van der Waals surface area (Å²) >= 11 is 0. The van der Waals surface area contributed by atoms with Crippen LogP contribution in [0.5, 0.6) is 0 Å². The molecule has 1 atom stereocenters. The molecule has 116 valence electrons. The van der Waals surface area contributed by atoms with Crippen molar-refractivity contribution in [3.63, 3.8) is 0 Å². The first-order valence-corrected chi connectivity index (χ1v) is 6.88. The fraction of sp³-hybridized carbons (Fsp3) is 0.600. The van der Waals surface area contributed by atoms with Crippen LogP contribution < -0.4 is 5.32 Å². The summed E-state index contributed by atoms with van der Waals surface area (Å²) in [7, 11) is 0. The second kappa shape index (κ2) is 9.46. The van der Waals surface area contributed by atoms with E-state index in [4.69, 9.17) is 4.42 Å². The normalized spacial score (nSPS) is 16.9. The average molecular weight is 321 g/mol. The van der Waals surface area contributed by atoms with Crippen molar-refractivity contribution in [2.45, 2.75) is 32.7 Å². The molecule has 3 nitrogen and oxygen atoms in total. The van der Waals surface area contributed by atoms with Crippen LogP contribution in [-0.4, -0.2) is 31.1 Å². The molecular weight excluding hydrogens is 295 g/mol. The van der Waals surface area contributed by atoms with Crippen LogP contribution in [0, 0.1) is 0 Å². The summed E-state index contributed by atoms with van der Waals surface area (Å²) in [5, 5.41) is 3.40. The molecule has 1 aromatic heterocycles. The third-order valence-corrected chi connectivity index (χ3v) is 3.49. The third-order valence-electron chi connectivity index (χ3n) is 3.49. The van der Waals surface area contributed by atoms with E-state index < -0.39 is 0 Å². The van der Waals surface area contributed by atoms with Crippen molar-refractivity contribution in [3.8, 4) is 0 Å². The van der Waals surface area contributed by atoms with E-state index in [2.05, 4.69) is 42.8 Å². The SMILES string of the molecule is C=C(C)C[C@@H](c1ccc(CC)o1)N1CCNCC1.Cl.Cl. The maximum absolute atomic E-state index is 5.95. The van der Waals surface area contributed by atoms with Crippen molar-refractivity contribution >= 4 is 24.8 Å². The molecule has 2 heterocycles. The van der Waals surface area contributed by atoms with Crippen molar-refractivity contribution in [1.29, 1.82) is 0 Å². The first kappa shape index (κ1) is 19.5. The molecule has 0 aromatic carbocycles. The van der Waals surface area contributed by atoms with E-state index >= 15 is 0 Å². The van der Waals surface area contributed by atoms with Crippen LogP contribution in [-0.2, 0) is 6.42 Å². The first-order valence-electron chi connectivity index (χ1n) is 6.88. The Morgan fingerprint density at radius 3 is 2.50 bits per heavy atom. The second-order valence-electron chi connectivity index (χ2n) is 5.12. The van der Waals surface area contributed by atoms with Crippen molar-refractivity contribution in [3.05, 3.63) is 35.8 Å². The average Bonchev–Trinajstić information content (AvgIpc) is 2.85. The van der Waals surface area contributed by atoms with Gasteiger partial charge in [-0.25, -0.2) is 0 Å². The zero-order chi connectivity index (χ0) is 13.0. The lowest BCUT2D eigenvalue weighted by Crippen LogP contribution is -2.45. The number of nitrogens with one attached hydrogen (secondary N) is 1. The Bertz CT molecular complexity index is 400. The molecule has 1 fully saturated rings. The summed E-state index contributed by atoms with van der Waals surface area (Å²) in [5.41, 5.74) is 1.22. The summed E-state index contributed by atoms with van der Waals surface area (Å²) in [6, 6.07) is 4.59. The summed E-state index contributed by atoms with van der Waals surface area (Å²) < 4.78 is 5.95. The predicted molar refractivity (Wildman–Crippen MR) is 89.2 cm³/mol. The van der Waals surface area contributed by atoms with Gasteiger partial charge in [-0.15, -0.1) is 31.4 Å². The number of piperazine rings is 1. The molecule has 0 radical (unpaired) electrons. The number of hydrogen-bond acceptors (Lipinski definition) is 3. The van der Waals surface area contributed by atoms with Gasteiger partial charge in [-0.05, 0) is 25.5 Å². The first-order chi connectivity index (χ1) is 8.70. The Balaban J connectivity index is 0.00000180. The molecule has 0 unspecified atom stereocenters. The van der Waals surface area contributed by atoms with Crippen molar-refractivity contribution in [2.24, 2.45) is 0 Å². The van der Waals surface area contributed by atoms with E-state index in [0.29, 0.717) is 6.04 Å². The summed E-state index contributed by atoms with van der Waals surface area (Å²) in [6.45, 7) is 12.6. The number of halogens is 2. The predicted octanol–water partition coefficient (Wildman–Crippen LogP) is 3.60. The lowest BCUT2D eigenvalue weighted by molar-refractivity contribution is 0.152. The van der Waals surface area contributed by atoms with Gasteiger partial charge in [-0.1, -0.05) is 12.5 Å². The topological polar surface area (TPSA) is 28.4 Å². The Morgan fingerprint density at radius 1 is 1.35 bits per heavy atom. The largest absolute Gasteiger partial charge is 0.464 e. The van der Waals surface area contributed by atoms with Gasteiger partial charge in [-0.3, -0.25) is 4.90 Å². The maximum Gasteiger partial charge on any atom is 0.121 e. The van der Waals surface area contributed by atoms with Gasteiger partial charge in [0.05, 0.1) is 6.04 Å². The van der Waals surface area contributed by atoms with Gasteiger partial charge in [0, 0.05) is 32.6 Å². The second-order valence-corrected chi connectivity index (χ2v) is 5.12. The zero-order valence-electron chi connectivity index (χ0n) is 12.4. The van der Waals surface area contributed by atoms with Gasteiger partial charge in [-0.2, -0.15) is 0 Å². The van der Waals surface area contributed by atoms with Gasteiger partial charge in [0.25, 0.3) is 0 Å². The molecule has 0 spiro atoms. The molecule has 1 aliphatic heterocycles. The smallest absolute Gasteiger partial charge is 0.121 e. The molecular formula is C15H26Cl2N2O. The standard InChI is InChI=1S/C15H24N2O.2ClH/c1-4-13-5-6-15(18-13)14(11-12(2)3)17-9-7-16-8-10-17;;/h5-6,14,16H,2,4,7-11H2,1,3H3;2*1H/t14-;;/m0../s1. The third kappa shape index (κ3) is 5.13. The van der Waals surface area contributed by atoms with E-state index in [1.54, 1.807) is 0 Å². The van der Waals surface area contributed by atoms with Crippen molar-refractivity contribution < 1.29 is 4.42 Å². The highest BCUT2D eigenvalue weighted by Gasteiger charge is 2.24. The van der Waals surface area contributed by atoms with Crippen LogP contribution in [0.3, 0.4) is 0 Å². The van der Waals surface area contributed by atoms with E-state index in [1.807, 2.05) is 0 Å². The highest BCUT2D eigenvalue weighted by molar-refractivity contribution is 5.85. The van der Waals surface area contributed by atoms with Crippen molar-refractivity contribution in [2.75, 3.05) is 26.2 Å². The number of aryl methyl sites for hydroxylation is 1. The highest BCUT2D eigenvalue weighted by Crippen LogP contribution is 2.29. The summed E-state index contributed by atoms with van der Waals surface area (Å²) in [4.78, 5) is 2.50. The van der Waals surface area contributed by atoms with Crippen LogP contribution in [0.2, 0.25) is 0 Å². The van der Waals surface area contributed by atoms with E-state index in [0.717, 1.165) is 50.5 Å². The zero-order valence-corrected chi connectivity index (χ0v) is 14.0. The van der Waals surface area contributed by atoms with Crippen LogP contribution in [0.1, 0.15) is 37.8 Å². The number of nitrogens with zero attached hydrogens (tertiary/aromatic N) is 1. The Hall–Kier alpha value is -0.480. The van der Waals surface area contributed by atoms with Gasteiger partial charge in [0.1, 0.15) is 11.5 Å². The quantitative estimate of drug-likeness (QED) is 0.840. The summed E-state index contributed by atoms with van der Waals surface area (Å²) in [5.74, 6) is 2.17. The van der Waals surface area contributed by atoms with E-state index in [1.165, 1.54) is 5.57 Å². The molecule has 1 saturated heterocycles. The Kier molecular flexibility index (Phi) is 9.23. The lowest BCUT2D eigenvalue weighted by atomic mass is 10.0. The van der Waals surface area contributed by atoms with Crippen LogP contribution in [0.25, 0.3) is 0 Å².